The van der Waals surface area contributed by atoms with Crippen molar-refractivity contribution in [3.8, 4) is 0 Å². The fraction of sp³-hybridized carbons (Fsp3) is 0.417. The molecule has 0 radical (unpaired) electrons. The molecule has 2 heterocycles. The average Bonchev–Trinajstić information content (AvgIpc) is 3.19. The number of hydrogen-bond donors (Lipinski definition) is 0. The molecule has 0 saturated carbocycles. The van der Waals surface area contributed by atoms with Crippen LogP contribution in [0.1, 0.15) is 38.2 Å². The first-order chi connectivity index (χ1) is 14.3. The van der Waals surface area contributed by atoms with E-state index < -0.39 is 10.0 Å². The van der Waals surface area contributed by atoms with Crippen LogP contribution in [0.15, 0.2) is 59.6 Å². The molecule has 1 fully saturated rings. The Morgan fingerprint density at radius 1 is 1.00 bits per heavy atom. The smallest absolute Gasteiger partial charge is 0.268 e. The third-order valence-electron chi connectivity index (χ3n) is 6.39. The lowest BCUT2D eigenvalue weighted by molar-refractivity contribution is 0.253. The van der Waals surface area contributed by atoms with Crippen LogP contribution in [-0.2, 0) is 10.0 Å². The van der Waals surface area contributed by atoms with Crippen molar-refractivity contribution in [1.82, 2.24) is 8.87 Å². The summed E-state index contributed by atoms with van der Waals surface area (Å²) >= 11 is 0. The summed E-state index contributed by atoms with van der Waals surface area (Å²) in [5, 5.41) is 0.973. The lowest BCUT2D eigenvalue weighted by Gasteiger charge is -2.36. The van der Waals surface area contributed by atoms with Gasteiger partial charge >= 0.3 is 0 Å². The Bertz CT molecular complexity index is 1120. The Kier molecular flexibility index (Phi) is 5.64. The SMILES string of the molecule is CC(C)c1ccc(S(=O)(=O)n2ccc3c(N(C)C4CCN(C)CC4)cccc32)cc1. The maximum Gasteiger partial charge on any atom is 0.268 e. The molecule has 0 atom stereocenters. The molecule has 6 heteroatoms. The molecule has 0 unspecified atom stereocenters. The molecule has 160 valence electrons. The molecule has 0 amide bonds. The van der Waals surface area contributed by atoms with Crippen LogP contribution in [-0.4, -0.2) is 50.5 Å². The maximum atomic E-state index is 13.4. The maximum absolute atomic E-state index is 13.4. The largest absolute Gasteiger partial charge is 0.371 e. The number of likely N-dealkylation sites (tertiary alicyclic amines) is 1. The average molecular weight is 426 g/mol. The van der Waals surface area contributed by atoms with Crippen LogP contribution in [0.25, 0.3) is 10.9 Å². The Balaban J connectivity index is 1.70. The number of aromatic nitrogens is 1. The molecule has 3 aromatic rings. The number of hydrogen-bond acceptors (Lipinski definition) is 4. The summed E-state index contributed by atoms with van der Waals surface area (Å²) in [6.07, 6.45) is 3.91. The standard InChI is InChI=1S/C24H31N3O2S/c1-18(2)19-8-10-21(11-9-19)30(28,29)27-17-14-22-23(6-5-7-24(22)27)26(4)20-12-15-25(3)16-13-20/h5-11,14,17-18,20H,12-13,15-16H2,1-4H3. The first kappa shape index (κ1) is 20.9. The van der Waals surface area contributed by atoms with Gasteiger partial charge in [-0.15, -0.1) is 0 Å². The second kappa shape index (κ2) is 8.08. The van der Waals surface area contributed by atoms with E-state index in [0.29, 0.717) is 16.9 Å². The fourth-order valence-electron chi connectivity index (χ4n) is 4.36. The second-order valence-corrected chi connectivity index (χ2v) is 10.5. The lowest BCUT2D eigenvalue weighted by Crippen LogP contribution is -2.42. The molecule has 1 aromatic heterocycles. The Morgan fingerprint density at radius 3 is 2.30 bits per heavy atom. The summed E-state index contributed by atoms with van der Waals surface area (Å²) in [5.74, 6) is 0.367. The van der Waals surface area contributed by atoms with E-state index in [1.54, 1.807) is 18.3 Å². The fourth-order valence-corrected chi connectivity index (χ4v) is 5.71. The quantitative estimate of drug-likeness (QED) is 0.602. The van der Waals surface area contributed by atoms with E-state index in [-0.39, 0.29) is 0 Å². The summed E-state index contributed by atoms with van der Waals surface area (Å²) in [5.41, 5.74) is 2.94. The van der Waals surface area contributed by atoms with Gasteiger partial charge in [-0.25, -0.2) is 12.4 Å². The van der Waals surface area contributed by atoms with Gasteiger partial charge < -0.3 is 9.80 Å². The van der Waals surface area contributed by atoms with E-state index >= 15 is 0 Å². The minimum Gasteiger partial charge on any atom is -0.371 e. The van der Waals surface area contributed by atoms with Crippen molar-refractivity contribution in [2.45, 2.75) is 43.5 Å². The zero-order valence-corrected chi connectivity index (χ0v) is 19.1. The van der Waals surface area contributed by atoms with Crippen molar-refractivity contribution in [2.75, 3.05) is 32.1 Å². The second-order valence-electron chi connectivity index (χ2n) is 8.70. The number of piperidine rings is 1. The van der Waals surface area contributed by atoms with Gasteiger partial charge in [0.25, 0.3) is 10.0 Å². The summed E-state index contributed by atoms with van der Waals surface area (Å²) in [4.78, 5) is 5.00. The van der Waals surface area contributed by atoms with Crippen LogP contribution >= 0.6 is 0 Å². The van der Waals surface area contributed by atoms with Crippen LogP contribution in [0.5, 0.6) is 0 Å². The monoisotopic (exact) mass is 425 g/mol. The molecule has 5 nitrogen and oxygen atoms in total. The van der Waals surface area contributed by atoms with Crippen molar-refractivity contribution >= 4 is 26.6 Å². The van der Waals surface area contributed by atoms with E-state index in [2.05, 4.69) is 43.8 Å². The van der Waals surface area contributed by atoms with Crippen molar-refractivity contribution < 1.29 is 8.42 Å². The third kappa shape index (κ3) is 3.74. The van der Waals surface area contributed by atoms with Crippen LogP contribution in [0.3, 0.4) is 0 Å². The highest BCUT2D eigenvalue weighted by atomic mass is 32.2. The first-order valence-corrected chi connectivity index (χ1v) is 12.1. The molecule has 0 aliphatic carbocycles. The third-order valence-corrected chi connectivity index (χ3v) is 8.10. The van der Waals surface area contributed by atoms with Gasteiger partial charge in [0.2, 0.25) is 0 Å². The van der Waals surface area contributed by atoms with Crippen molar-refractivity contribution in [1.29, 1.82) is 0 Å². The molecule has 0 N–H and O–H groups in total. The predicted octanol–water partition coefficient (Wildman–Crippen LogP) is 4.53. The van der Waals surface area contributed by atoms with E-state index in [4.69, 9.17) is 0 Å². The van der Waals surface area contributed by atoms with Gasteiger partial charge in [-0.05, 0) is 74.8 Å². The van der Waals surface area contributed by atoms with Gasteiger partial charge in [0.15, 0.2) is 0 Å². The number of benzene rings is 2. The Hall–Kier alpha value is -2.31. The molecule has 0 spiro atoms. The first-order valence-electron chi connectivity index (χ1n) is 10.7. The van der Waals surface area contributed by atoms with Crippen molar-refractivity contribution in [2.24, 2.45) is 0 Å². The van der Waals surface area contributed by atoms with Crippen molar-refractivity contribution in [3.05, 3.63) is 60.3 Å². The number of nitrogens with zero attached hydrogens (tertiary/aromatic N) is 3. The summed E-state index contributed by atoms with van der Waals surface area (Å²) < 4.78 is 28.1. The number of rotatable bonds is 5. The number of fused-ring (bicyclic) bond motifs is 1. The van der Waals surface area contributed by atoms with Gasteiger partial charge in [0, 0.05) is 30.4 Å². The van der Waals surface area contributed by atoms with Gasteiger partial charge in [-0.2, -0.15) is 0 Å². The minimum absolute atomic E-state index is 0.318. The van der Waals surface area contributed by atoms with Crippen LogP contribution in [0.4, 0.5) is 5.69 Å². The van der Waals surface area contributed by atoms with Crippen LogP contribution < -0.4 is 4.90 Å². The zero-order valence-electron chi connectivity index (χ0n) is 18.2. The lowest BCUT2D eigenvalue weighted by atomic mass is 10.0. The van der Waals surface area contributed by atoms with Gasteiger partial charge in [-0.1, -0.05) is 32.0 Å². The molecular formula is C24H31N3O2S. The normalized spacial score (nSPS) is 16.4. The summed E-state index contributed by atoms with van der Waals surface area (Å²) in [6, 6.07) is 15.6. The van der Waals surface area contributed by atoms with E-state index in [9.17, 15) is 8.42 Å². The van der Waals surface area contributed by atoms with Gasteiger partial charge in [-0.3, -0.25) is 0 Å². The highest BCUT2D eigenvalue weighted by Crippen LogP contribution is 2.32. The van der Waals surface area contributed by atoms with Crippen LogP contribution in [0, 0.1) is 0 Å². The molecule has 1 aliphatic rings. The predicted molar refractivity (Wildman–Crippen MR) is 124 cm³/mol. The number of anilines is 1. The highest BCUT2D eigenvalue weighted by Gasteiger charge is 2.24. The van der Waals surface area contributed by atoms with Gasteiger partial charge in [0.1, 0.15) is 0 Å². The highest BCUT2D eigenvalue weighted by molar-refractivity contribution is 7.90. The summed E-state index contributed by atoms with van der Waals surface area (Å²) in [6.45, 7) is 6.39. The van der Waals surface area contributed by atoms with Crippen molar-refractivity contribution in [3.63, 3.8) is 0 Å². The molecule has 0 bridgehead atoms. The molecular weight excluding hydrogens is 394 g/mol. The topological polar surface area (TPSA) is 45.6 Å². The Morgan fingerprint density at radius 2 is 1.67 bits per heavy atom. The molecule has 1 aliphatic heterocycles. The zero-order chi connectivity index (χ0) is 21.5. The Labute approximate surface area is 180 Å². The summed E-state index contributed by atoms with van der Waals surface area (Å²) in [7, 11) is 0.641. The van der Waals surface area contributed by atoms with E-state index in [0.717, 1.165) is 48.1 Å². The van der Waals surface area contributed by atoms with E-state index in [1.807, 2.05) is 30.3 Å². The molecule has 1 saturated heterocycles. The van der Waals surface area contributed by atoms with Crippen LogP contribution in [0.2, 0.25) is 0 Å². The van der Waals surface area contributed by atoms with Gasteiger partial charge in [0.05, 0.1) is 10.4 Å². The molecule has 4 rings (SSSR count). The molecule has 30 heavy (non-hydrogen) atoms. The minimum atomic E-state index is -3.65. The van der Waals surface area contributed by atoms with E-state index in [1.165, 1.54) is 3.97 Å². The molecule has 2 aromatic carbocycles.